The summed E-state index contributed by atoms with van der Waals surface area (Å²) < 4.78 is 39.5. The van der Waals surface area contributed by atoms with Gasteiger partial charge in [0.2, 0.25) is 0 Å². The zero-order valence-electron chi connectivity index (χ0n) is 19.6. The number of nitriles is 1. The summed E-state index contributed by atoms with van der Waals surface area (Å²) >= 11 is 5.81. The van der Waals surface area contributed by atoms with Gasteiger partial charge < -0.3 is 9.47 Å². The van der Waals surface area contributed by atoms with Crippen molar-refractivity contribution in [2.75, 3.05) is 19.5 Å². The first kappa shape index (κ1) is 24.6. The molecule has 188 valence electrons. The summed E-state index contributed by atoms with van der Waals surface area (Å²) in [4.78, 5) is 12.3. The maximum Gasteiger partial charge on any atom is 0.257 e. The van der Waals surface area contributed by atoms with Gasteiger partial charge in [-0.05, 0) is 23.8 Å². The van der Waals surface area contributed by atoms with Gasteiger partial charge in [0.25, 0.3) is 5.88 Å². The minimum Gasteiger partial charge on any atom is -0.485 e. The molecule has 1 atom stereocenters. The zero-order valence-corrected chi connectivity index (χ0v) is 21.1. The number of pyridine rings is 1. The quantitative estimate of drug-likeness (QED) is 0.345. The van der Waals surface area contributed by atoms with Crippen molar-refractivity contribution in [2.24, 2.45) is 0 Å². The average Bonchev–Trinajstić information content (AvgIpc) is 3.22. The number of hydrogen-bond acceptors (Lipinski definition) is 10. The highest BCUT2D eigenvalue weighted by Crippen LogP contribution is 2.41. The average molecular weight is 538 g/mol. The van der Waals surface area contributed by atoms with Gasteiger partial charge in [-0.2, -0.15) is 5.26 Å². The molecule has 1 aromatic carbocycles. The fraction of sp³-hybridized carbons (Fsp3) is 0.250. The number of halogens is 1. The molecule has 0 saturated carbocycles. The number of rotatable bonds is 7. The molecule has 1 aliphatic rings. The molecule has 11 nitrogen and oxygen atoms in total. The Balaban J connectivity index is 1.55. The number of sulfone groups is 1. The molecule has 4 heterocycles. The Kier molecular flexibility index (Phi) is 6.73. The molecule has 3 aromatic heterocycles. The van der Waals surface area contributed by atoms with E-state index in [2.05, 4.69) is 31.2 Å². The van der Waals surface area contributed by atoms with Crippen molar-refractivity contribution >= 4 is 21.4 Å². The summed E-state index contributed by atoms with van der Waals surface area (Å²) in [7, 11) is -2.15. The van der Waals surface area contributed by atoms with E-state index in [0.717, 1.165) is 5.56 Å². The van der Waals surface area contributed by atoms with E-state index in [1.807, 2.05) is 6.07 Å². The van der Waals surface area contributed by atoms with E-state index in [1.165, 1.54) is 19.5 Å². The van der Waals surface area contributed by atoms with Crippen molar-refractivity contribution in [3.63, 3.8) is 0 Å². The summed E-state index contributed by atoms with van der Waals surface area (Å²) in [5, 5.41) is 18.4. The molecule has 0 saturated heterocycles. The van der Waals surface area contributed by atoms with E-state index >= 15 is 0 Å². The fourth-order valence-corrected chi connectivity index (χ4v) is 5.43. The molecule has 37 heavy (non-hydrogen) atoms. The topological polar surface area (TPSA) is 146 Å². The molecule has 0 amide bonds. The number of methoxy groups -OCH3 is 1. The summed E-state index contributed by atoms with van der Waals surface area (Å²) in [6, 6.07) is 10.4. The first-order chi connectivity index (χ1) is 17.9. The van der Waals surface area contributed by atoms with E-state index in [4.69, 9.17) is 21.1 Å². The van der Waals surface area contributed by atoms with Gasteiger partial charge in [0, 0.05) is 25.0 Å². The smallest absolute Gasteiger partial charge is 0.257 e. The van der Waals surface area contributed by atoms with Crippen LogP contribution in [0.1, 0.15) is 28.8 Å². The van der Waals surface area contributed by atoms with Crippen molar-refractivity contribution < 1.29 is 17.9 Å². The molecular formula is C24H20ClN7O4S. The molecule has 0 aliphatic carbocycles. The third kappa shape index (κ3) is 5.09. The Morgan fingerprint density at radius 2 is 2.03 bits per heavy atom. The van der Waals surface area contributed by atoms with E-state index < -0.39 is 15.9 Å². The maximum atomic E-state index is 13.1. The van der Waals surface area contributed by atoms with Crippen LogP contribution < -0.4 is 9.47 Å². The Hall–Kier alpha value is -4.08. The summed E-state index contributed by atoms with van der Waals surface area (Å²) in [6.45, 7) is 0.112. The van der Waals surface area contributed by atoms with Gasteiger partial charge in [0.05, 0.1) is 41.1 Å². The van der Waals surface area contributed by atoms with Crippen LogP contribution in [0.2, 0.25) is 5.02 Å². The predicted octanol–water partition coefficient (Wildman–Crippen LogP) is 2.80. The second-order valence-electron chi connectivity index (χ2n) is 8.23. The van der Waals surface area contributed by atoms with Crippen LogP contribution >= 0.6 is 11.6 Å². The van der Waals surface area contributed by atoms with E-state index in [1.54, 1.807) is 35.0 Å². The molecule has 0 N–H and O–H groups in total. The van der Waals surface area contributed by atoms with E-state index in [0.29, 0.717) is 33.5 Å². The molecule has 4 aromatic rings. The van der Waals surface area contributed by atoms with Gasteiger partial charge in [0.1, 0.15) is 24.0 Å². The highest BCUT2D eigenvalue weighted by Gasteiger charge is 2.32. The Morgan fingerprint density at radius 1 is 1.22 bits per heavy atom. The third-order valence-electron chi connectivity index (χ3n) is 5.83. The molecule has 0 unspecified atom stereocenters. The Labute approximate surface area is 217 Å². The zero-order chi connectivity index (χ0) is 26.0. The van der Waals surface area contributed by atoms with Crippen LogP contribution in [0, 0.1) is 11.3 Å². The first-order valence-corrected chi connectivity index (χ1v) is 13.4. The molecule has 0 bridgehead atoms. The van der Waals surface area contributed by atoms with Crippen LogP contribution in [0.4, 0.5) is 0 Å². The summed E-state index contributed by atoms with van der Waals surface area (Å²) in [5.41, 5.74) is 1.77. The Bertz CT molecular complexity index is 1600. The number of fused-ring (bicyclic) bond motifs is 3. The number of ether oxygens (including phenoxy) is 2. The Morgan fingerprint density at radius 3 is 2.78 bits per heavy atom. The van der Waals surface area contributed by atoms with Gasteiger partial charge in [-0.25, -0.2) is 23.4 Å². The minimum absolute atomic E-state index is 0.112. The highest BCUT2D eigenvalue weighted by molar-refractivity contribution is 7.90. The molecular weight excluding hydrogens is 518 g/mol. The number of aromatic nitrogens is 6. The third-order valence-corrected chi connectivity index (χ3v) is 7.55. The van der Waals surface area contributed by atoms with Crippen molar-refractivity contribution in [1.29, 1.82) is 5.26 Å². The van der Waals surface area contributed by atoms with Crippen LogP contribution in [0.3, 0.4) is 0 Å². The first-order valence-electron chi connectivity index (χ1n) is 11.2. The van der Waals surface area contributed by atoms with Gasteiger partial charge >= 0.3 is 0 Å². The van der Waals surface area contributed by atoms with Crippen molar-refractivity contribution in [3.8, 4) is 29.1 Å². The lowest BCUT2D eigenvalue weighted by Crippen LogP contribution is -2.22. The standard InChI is InChI=1S/C24H20ClN7O4S/c1-35-24-22-18(5-7-27-24)23-31-30-21(14-37(33,34)8-6-20-28-11-17(25)12-29-20)32(23)19(13-36-22)16-4-2-3-15(9-16)10-26/h2-5,7,9,11-12,19H,6,8,13-14H2,1H3/t19-/m0/s1. The van der Waals surface area contributed by atoms with Crippen molar-refractivity contribution in [2.45, 2.75) is 18.2 Å². The second-order valence-corrected chi connectivity index (χ2v) is 10.9. The van der Waals surface area contributed by atoms with Gasteiger partial charge in [-0.1, -0.05) is 23.7 Å². The number of nitrogens with zero attached hydrogens (tertiary/aromatic N) is 7. The summed E-state index contributed by atoms with van der Waals surface area (Å²) in [5.74, 6) is 1.14. The molecule has 0 fully saturated rings. The van der Waals surface area contributed by atoms with Crippen LogP contribution in [0.15, 0.2) is 48.9 Å². The van der Waals surface area contributed by atoms with Gasteiger partial charge in [-0.15, -0.1) is 10.2 Å². The lowest BCUT2D eigenvalue weighted by Gasteiger charge is -2.20. The lowest BCUT2D eigenvalue weighted by atomic mass is 10.0. The van der Waals surface area contributed by atoms with Crippen molar-refractivity contribution in [1.82, 2.24) is 29.7 Å². The fourth-order valence-electron chi connectivity index (χ4n) is 4.10. The van der Waals surface area contributed by atoms with Gasteiger partial charge in [-0.3, -0.25) is 4.57 Å². The number of hydrogen-bond donors (Lipinski definition) is 0. The molecule has 13 heteroatoms. The number of benzene rings is 1. The summed E-state index contributed by atoms with van der Waals surface area (Å²) in [6.07, 6.45) is 4.53. The maximum absolute atomic E-state index is 13.1. The van der Waals surface area contributed by atoms with Gasteiger partial charge in [0.15, 0.2) is 21.4 Å². The predicted molar refractivity (Wildman–Crippen MR) is 133 cm³/mol. The van der Waals surface area contributed by atoms with Crippen LogP contribution in [-0.4, -0.2) is 57.6 Å². The molecule has 0 radical (unpaired) electrons. The van der Waals surface area contributed by atoms with Crippen LogP contribution in [0.25, 0.3) is 11.4 Å². The van der Waals surface area contributed by atoms with E-state index in [-0.39, 0.29) is 36.2 Å². The molecule has 0 spiro atoms. The van der Waals surface area contributed by atoms with E-state index in [9.17, 15) is 13.7 Å². The normalized spacial score (nSPS) is 14.6. The number of aryl methyl sites for hydroxylation is 1. The highest BCUT2D eigenvalue weighted by atomic mass is 35.5. The minimum atomic E-state index is -3.63. The van der Waals surface area contributed by atoms with Crippen LogP contribution in [0.5, 0.6) is 11.6 Å². The molecule has 1 aliphatic heterocycles. The lowest BCUT2D eigenvalue weighted by molar-refractivity contribution is 0.260. The molecule has 5 rings (SSSR count). The monoisotopic (exact) mass is 537 g/mol. The SMILES string of the molecule is COc1nccc2c1OC[C@@H](c1cccc(C#N)c1)n1c(CS(=O)(=O)CCc3ncc(Cl)cn3)nnc1-2. The van der Waals surface area contributed by atoms with Crippen molar-refractivity contribution in [3.05, 3.63) is 76.7 Å². The largest absolute Gasteiger partial charge is 0.485 e. The second kappa shape index (κ2) is 10.1. The van der Waals surface area contributed by atoms with Crippen LogP contribution in [-0.2, 0) is 22.0 Å².